The molecule has 0 bridgehead atoms. The molecule has 6 heteroatoms. The number of pyridine rings is 1. The van der Waals surface area contributed by atoms with Gasteiger partial charge in [-0.3, -0.25) is 4.79 Å². The van der Waals surface area contributed by atoms with Gasteiger partial charge in [0.2, 0.25) is 5.43 Å². The third-order valence-corrected chi connectivity index (χ3v) is 3.97. The number of nitrogens with one attached hydrogen (secondary N) is 2. The van der Waals surface area contributed by atoms with E-state index in [4.69, 9.17) is 4.74 Å². The van der Waals surface area contributed by atoms with Gasteiger partial charge >= 0.3 is 6.03 Å². The van der Waals surface area contributed by atoms with Crippen LogP contribution in [0.25, 0.3) is 10.9 Å². The van der Waals surface area contributed by atoms with Crippen molar-refractivity contribution < 1.29 is 9.53 Å². The second-order valence-electron chi connectivity index (χ2n) is 5.42. The Bertz CT molecular complexity index is 748. The summed E-state index contributed by atoms with van der Waals surface area (Å²) in [6, 6.07) is 5.02. The number of rotatable bonds is 2. The molecule has 116 valence electrons. The Morgan fingerprint density at radius 1 is 1.27 bits per heavy atom. The number of piperidine rings is 1. The van der Waals surface area contributed by atoms with Gasteiger partial charge in [-0.25, -0.2) is 4.79 Å². The zero-order valence-electron chi connectivity index (χ0n) is 12.5. The molecule has 0 unspecified atom stereocenters. The van der Waals surface area contributed by atoms with Crippen LogP contribution >= 0.6 is 0 Å². The van der Waals surface area contributed by atoms with Gasteiger partial charge in [-0.05, 0) is 37.5 Å². The van der Waals surface area contributed by atoms with Crippen LogP contribution < -0.4 is 15.5 Å². The van der Waals surface area contributed by atoms with Crippen LogP contribution in [0.2, 0.25) is 0 Å². The molecule has 22 heavy (non-hydrogen) atoms. The van der Waals surface area contributed by atoms with E-state index < -0.39 is 0 Å². The van der Waals surface area contributed by atoms with Gasteiger partial charge in [-0.15, -0.1) is 0 Å². The SMILES string of the molecule is COc1ccc2[nH]cc(NC(=O)N3CCCCC3)c(=O)c2c1. The van der Waals surface area contributed by atoms with E-state index in [0.717, 1.165) is 32.4 Å². The number of H-pyrrole nitrogens is 1. The van der Waals surface area contributed by atoms with Crippen LogP contribution in [0, 0.1) is 0 Å². The number of aromatic nitrogens is 1. The molecular weight excluding hydrogens is 282 g/mol. The van der Waals surface area contributed by atoms with Crippen LogP contribution in [0.4, 0.5) is 10.5 Å². The standard InChI is InChI=1S/C16H19N3O3/c1-22-11-5-6-13-12(9-11)15(20)14(10-17-13)18-16(21)19-7-3-2-4-8-19/h5-6,9-10H,2-4,7-8H2,1H3,(H,17,20)(H,18,21). The summed E-state index contributed by atoms with van der Waals surface area (Å²) < 4.78 is 5.15. The number of ether oxygens (including phenoxy) is 1. The van der Waals surface area contributed by atoms with Crippen molar-refractivity contribution in [3.63, 3.8) is 0 Å². The van der Waals surface area contributed by atoms with Gasteiger partial charge in [0.05, 0.1) is 12.5 Å². The van der Waals surface area contributed by atoms with E-state index >= 15 is 0 Å². The molecule has 1 saturated heterocycles. The summed E-state index contributed by atoms with van der Waals surface area (Å²) in [5.74, 6) is 0.609. The maximum absolute atomic E-state index is 12.5. The second-order valence-corrected chi connectivity index (χ2v) is 5.42. The van der Waals surface area contributed by atoms with Crippen LogP contribution in [0.15, 0.2) is 29.2 Å². The van der Waals surface area contributed by atoms with Crippen LogP contribution in [0.3, 0.4) is 0 Å². The van der Waals surface area contributed by atoms with E-state index in [1.807, 2.05) is 0 Å². The Morgan fingerprint density at radius 3 is 2.77 bits per heavy atom. The molecule has 0 atom stereocenters. The van der Waals surface area contributed by atoms with Crippen molar-refractivity contribution >= 4 is 22.6 Å². The lowest BCUT2D eigenvalue weighted by atomic mass is 10.1. The summed E-state index contributed by atoms with van der Waals surface area (Å²) in [4.78, 5) is 29.5. The Kier molecular flexibility index (Phi) is 4.00. The minimum Gasteiger partial charge on any atom is -0.497 e. The number of urea groups is 1. The molecule has 0 saturated carbocycles. The van der Waals surface area contributed by atoms with Gasteiger partial charge in [0, 0.05) is 24.8 Å². The van der Waals surface area contributed by atoms with Gasteiger partial charge in [0.1, 0.15) is 11.4 Å². The highest BCUT2D eigenvalue weighted by Crippen LogP contribution is 2.18. The maximum atomic E-state index is 12.5. The summed E-state index contributed by atoms with van der Waals surface area (Å²) >= 11 is 0. The zero-order chi connectivity index (χ0) is 15.5. The number of carbonyl (C=O) groups excluding carboxylic acids is 1. The van der Waals surface area contributed by atoms with Gasteiger partial charge in [0.15, 0.2) is 0 Å². The number of aromatic amines is 1. The smallest absolute Gasteiger partial charge is 0.321 e. The summed E-state index contributed by atoms with van der Waals surface area (Å²) in [6.07, 6.45) is 4.72. The molecule has 1 aromatic heterocycles. The number of likely N-dealkylation sites (tertiary alicyclic amines) is 1. The molecule has 0 spiro atoms. The van der Waals surface area contributed by atoms with Crippen molar-refractivity contribution in [2.75, 3.05) is 25.5 Å². The highest BCUT2D eigenvalue weighted by Gasteiger charge is 2.17. The first-order valence-corrected chi connectivity index (χ1v) is 7.44. The summed E-state index contributed by atoms with van der Waals surface area (Å²) in [5, 5.41) is 3.21. The zero-order valence-corrected chi connectivity index (χ0v) is 12.5. The third kappa shape index (κ3) is 2.77. The number of benzene rings is 1. The first-order chi connectivity index (χ1) is 10.7. The normalized spacial score (nSPS) is 14.9. The van der Waals surface area contributed by atoms with Crippen molar-refractivity contribution in [1.82, 2.24) is 9.88 Å². The monoisotopic (exact) mass is 301 g/mol. The molecule has 6 nitrogen and oxygen atoms in total. The third-order valence-electron chi connectivity index (χ3n) is 3.97. The quantitative estimate of drug-likeness (QED) is 0.895. The van der Waals surface area contributed by atoms with Crippen LogP contribution in [-0.2, 0) is 0 Å². The number of amides is 2. The minimum absolute atomic E-state index is 0.210. The Balaban J connectivity index is 1.88. The summed E-state index contributed by atoms with van der Waals surface area (Å²) in [7, 11) is 1.55. The van der Waals surface area contributed by atoms with Crippen LogP contribution in [0.5, 0.6) is 5.75 Å². The van der Waals surface area contributed by atoms with Crippen molar-refractivity contribution in [3.05, 3.63) is 34.6 Å². The molecule has 0 aliphatic carbocycles. The van der Waals surface area contributed by atoms with E-state index in [1.54, 1.807) is 36.4 Å². The van der Waals surface area contributed by atoms with Crippen molar-refractivity contribution in [2.24, 2.45) is 0 Å². The Morgan fingerprint density at radius 2 is 2.05 bits per heavy atom. The number of hydrogen-bond acceptors (Lipinski definition) is 3. The van der Waals surface area contributed by atoms with E-state index in [0.29, 0.717) is 16.7 Å². The second kappa shape index (κ2) is 6.09. The minimum atomic E-state index is -0.215. The number of methoxy groups -OCH3 is 1. The summed E-state index contributed by atoms with van der Waals surface area (Å²) in [5.41, 5.74) is 0.760. The predicted octanol–water partition coefficient (Wildman–Crippen LogP) is 2.55. The fourth-order valence-electron chi connectivity index (χ4n) is 2.71. The molecule has 2 amide bonds. The first kappa shape index (κ1) is 14.4. The highest BCUT2D eigenvalue weighted by atomic mass is 16.5. The molecule has 0 radical (unpaired) electrons. The average Bonchev–Trinajstić information content (AvgIpc) is 2.58. The van der Waals surface area contributed by atoms with Crippen LogP contribution in [0.1, 0.15) is 19.3 Å². The lowest BCUT2D eigenvalue weighted by molar-refractivity contribution is 0.200. The van der Waals surface area contributed by atoms with E-state index in [-0.39, 0.29) is 17.1 Å². The molecule has 1 aromatic carbocycles. The maximum Gasteiger partial charge on any atom is 0.321 e. The largest absolute Gasteiger partial charge is 0.497 e. The fourth-order valence-corrected chi connectivity index (χ4v) is 2.71. The number of fused-ring (bicyclic) bond motifs is 1. The molecular formula is C16H19N3O3. The Labute approximate surface area is 128 Å². The fraction of sp³-hybridized carbons (Fsp3) is 0.375. The van der Waals surface area contributed by atoms with Crippen molar-refractivity contribution in [3.8, 4) is 5.75 Å². The van der Waals surface area contributed by atoms with Crippen molar-refractivity contribution in [2.45, 2.75) is 19.3 Å². The highest BCUT2D eigenvalue weighted by molar-refractivity contribution is 5.92. The molecule has 2 aromatic rings. The van der Waals surface area contributed by atoms with E-state index in [1.165, 1.54) is 0 Å². The molecule has 2 N–H and O–H groups in total. The lowest BCUT2D eigenvalue weighted by Gasteiger charge is -2.26. The van der Waals surface area contributed by atoms with Crippen molar-refractivity contribution in [1.29, 1.82) is 0 Å². The van der Waals surface area contributed by atoms with Gasteiger partial charge in [-0.1, -0.05) is 0 Å². The number of carbonyl (C=O) groups is 1. The van der Waals surface area contributed by atoms with E-state index in [9.17, 15) is 9.59 Å². The number of anilines is 1. The molecule has 1 aliphatic rings. The van der Waals surface area contributed by atoms with Crippen LogP contribution in [-0.4, -0.2) is 36.1 Å². The average molecular weight is 301 g/mol. The van der Waals surface area contributed by atoms with Gasteiger partial charge in [0.25, 0.3) is 0 Å². The molecule has 2 heterocycles. The summed E-state index contributed by atoms with van der Waals surface area (Å²) in [6.45, 7) is 1.48. The van der Waals surface area contributed by atoms with Gasteiger partial charge < -0.3 is 19.9 Å². The predicted molar refractivity (Wildman–Crippen MR) is 85.6 cm³/mol. The van der Waals surface area contributed by atoms with E-state index in [2.05, 4.69) is 10.3 Å². The number of hydrogen-bond donors (Lipinski definition) is 2. The first-order valence-electron chi connectivity index (χ1n) is 7.44. The lowest BCUT2D eigenvalue weighted by Crippen LogP contribution is -2.39. The topological polar surface area (TPSA) is 74.4 Å². The molecule has 3 rings (SSSR count). The molecule has 1 fully saturated rings. The van der Waals surface area contributed by atoms with Gasteiger partial charge in [-0.2, -0.15) is 0 Å². The molecule has 1 aliphatic heterocycles. The number of nitrogens with zero attached hydrogens (tertiary/aromatic N) is 1. The Hall–Kier alpha value is -2.50.